The molecule has 0 bridgehead atoms. The molecule has 2 saturated heterocycles. The highest BCUT2D eigenvalue weighted by Gasteiger charge is 2.47. The van der Waals surface area contributed by atoms with Crippen LogP contribution in [0.3, 0.4) is 0 Å². The maximum Gasteiger partial charge on any atom is 0.239 e. The maximum absolute atomic E-state index is 12.7. The number of aromatic amines is 1. The van der Waals surface area contributed by atoms with Crippen molar-refractivity contribution >= 4 is 21.7 Å². The molecule has 2 aliphatic heterocycles. The van der Waals surface area contributed by atoms with Crippen LogP contribution in [0, 0.1) is 5.92 Å². The van der Waals surface area contributed by atoms with Crippen LogP contribution in [0.5, 0.6) is 0 Å². The van der Waals surface area contributed by atoms with Crippen molar-refractivity contribution in [2.24, 2.45) is 5.92 Å². The first-order chi connectivity index (χ1) is 11.7. The number of H-pyrrole nitrogens is 1. The third-order valence-corrected chi connectivity index (χ3v) is 6.53. The first-order valence-corrected chi connectivity index (χ1v) is 10.5. The van der Waals surface area contributed by atoms with Crippen LogP contribution in [0.4, 0.5) is 5.95 Å². The number of rotatable bonds is 5. The summed E-state index contributed by atoms with van der Waals surface area (Å²) in [5.74, 6) is 1.36. The van der Waals surface area contributed by atoms with Crippen LogP contribution in [-0.4, -0.2) is 82.5 Å². The summed E-state index contributed by atoms with van der Waals surface area (Å²) in [5.41, 5.74) is 5.46. The topological polar surface area (TPSA) is 125 Å². The standard InChI is InChI=1S/C15H26N6O3S/c1-10(2)7-20-5-6-21(12-9-25(23,24)8-11(12)20)14(22)4-3-13-17-15(16)19-18-13/h10-12H,3-9H2,1-2H3,(H3,16,17,18,19)/t11-,12+/m0/s1. The number of carbonyl (C=O) groups is 1. The van der Waals surface area contributed by atoms with Crippen molar-refractivity contribution in [3.8, 4) is 0 Å². The van der Waals surface area contributed by atoms with Gasteiger partial charge in [-0.1, -0.05) is 13.8 Å². The molecule has 0 aromatic carbocycles. The lowest BCUT2D eigenvalue weighted by atomic mass is 10.0. The molecular formula is C15H26N6O3S. The molecule has 0 saturated carbocycles. The largest absolute Gasteiger partial charge is 0.367 e. The van der Waals surface area contributed by atoms with E-state index >= 15 is 0 Å². The summed E-state index contributed by atoms with van der Waals surface area (Å²) in [5, 5.41) is 6.44. The summed E-state index contributed by atoms with van der Waals surface area (Å²) in [4.78, 5) is 20.7. The normalized spacial score (nSPS) is 26.1. The zero-order valence-electron chi connectivity index (χ0n) is 14.7. The number of nitrogens with two attached hydrogens (primary N) is 1. The zero-order valence-corrected chi connectivity index (χ0v) is 15.5. The van der Waals surface area contributed by atoms with Gasteiger partial charge in [0.1, 0.15) is 5.82 Å². The number of carbonyl (C=O) groups excluding carboxylic acids is 1. The molecule has 140 valence electrons. The predicted molar refractivity (Wildman–Crippen MR) is 93.5 cm³/mol. The number of aryl methyl sites for hydroxylation is 1. The number of hydrogen-bond donors (Lipinski definition) is 2. The number of piperazine rings is 1. The van der Waals surface area contributed by atoms with Gasteiger partial charge in [-0.15, -0.1) is 5.10 Å². The van der Waals surface area contributed by atoms with Crippen LogP contribution >= 0.6 is 0 Å². The fourth-order valence-corrected chi connectivity index (χ4v) is 5.83. The lowest BCUT2D eigenvalue weighted by Gasteiger charge is -2.44. The van der Waals surface area contributed by atoms with Gasteiger partial charge in [-0.05, 0) is 5.92 Å². The third kappa shape index (κ3) is 4.12. The van der Waals surface area contributed by atoms with Crippen LogP contribution in [0.15, 0.2) is 0 Å². The minimum absolute atomic E-state index is 0.0359. The molecule has 25 heavy (non-hydrogen) atoms. The van der Waals surface area contributed by atoms with E-state index in [4.69, 9.17) is 5.73 Å². The van der Waals surface area contributed by atoms with Gasteiger partial charge in [-0.2, -0.15) is 4.98 Å². The van der Waals surface area contributed by atoms with E-state index in [1.54, 1.807) is 4.90 Å². The van der Waals surface area contributed by atoms with Crippen LogP contribution < -0.4 is 5.73 Å². The summed E-state index contributed by atoms with van der Waals surface area (Å²) in [7, 11) is -3.11. The second-order valence-corrected chi connectivity index (χ2v) is 9.48. The molecular weight excluding hydrogens is 344 g/mol. The molecule has 0 spiro atoms. The fourth-order valence-electron chi connectivity index (χ4n) is 3.82. The average Bonchev–Trinajstić information content (AvgIpc) is 3.06. The molecule has 0 aliphatic carbocycles. The Morgan fingerprint density at radius 3 is 2.68 bits per heavy atom. The fraction of sp³-hybridized carbons (Fsp3) is 0.800. The van der Waals surface area contributed by atoms with E-state index in [1.807, 2.05) is 0 Å². The number of hydrogen-bond acceptors (Lipinski definition) is 7. The van der Waals surface area contributed by atoms with Crippen molar-refractivity contribution in [2.45, 2.75) is 38.8 Å². The van der Waals surface area contributed by atoms with Crippen molar-refractivity contribution in [3.05, 3.63) is 5.82 Å². The Balaban J connectivity index is 1.68. The number of nitrogens with zero attached hydrogens (tertiary/aromatic N) is 4. The van der Waals surface area contributed by atoms with Crippen molar-refractivity contribution in [1.29, 1.82) is 0 Å². The van der Waals surface area contributed by atoms with Crippen LogP contribution in [0.25, 0.3) is 0 Å². The molecule has 0 radical (unpaired) electrons. The predicted octanol–water partition coefficient (Wildman–Crippen LogP) is -0.715. The van der Waals surface area contributed by atoms with Gasteiger partial charge in [-0.3, -0.25) is 14.8 Å². The monoisotopic (exact) mass is 370 g/mol. The van der Waals surface area contributed by atoms with Crippen LogP contribution in [-0.2, 0) is 21.1 Å². The lowest BCUT2D eigenvalue weighted by Crippen LogP contribution is -2.61. The number of amides is 1. The van der Waals surface area contributed by atoms with Crippen LogP contribution in [0.1, 0.15) is 26.1 Å². The van der Waals surface area contributed by atoms with Gasteiger partial charge in [0, 0.05) is 38.5 Å². The minimum atomic E-state index is -3.11. The SMILES string of the molecule is CC(C)CN1CCN(C(=O)CCc2nc(N)n[nH]2)[C@@H]2CS(=O)(=O)C[C@@H]21. The van der Waals surface area contributed by atoms with Gasteiger partial charge < -0.3 is 10.6 Å². The van der Waals surface area contributed by atoms with Crippen molar-refractivity contribution < 1.29 is 13.2 Å². The second-order valence-electron chi connectivity index (χ2n) is 7.33. The van der Waals surface area contributed by atoms with Crippen molar-refractivity contribution in [1.82, 2.24) is 25.0 Å². The van der Waals surface area contributed by atoms with E-state index in [9.17, 15) is 13.2 Å². The van der Waals surface area contributed by atoms with Crippen molar-refractivity contribution in [3.63, 3.8) is 0 Å². The lowest BCUT2D eigenvalue weighted by molar-refractivity contribution is -0.137. The molecule has 1 aromatic rings. The van der Waals surface area contributed by atoms with E-state index in [0.717, 1.165) is 13.1 Å². The molecule has 2 atom stereocenters. The first kappa shape index (κ1) is 18.1. The van der Waals surface area contributed by atoms with E-state index in [-0.39, 0.29) is 41.9 Å². The van der Waals surface area contributed by atoms with E-state index in [2.05, 4.69) is 33.9 Å². The Morgan fingerprint density at radius 2 is 2.04 bits per heavy atom. The minimum Gasteiger partial charge on any atom is -0.367 e. The van der Waals surface area contributed by atoms with Gasteiger partial charge in [0.05, 0.1) is 17.5 Å². The molecule has 0 unspecified atom stereocenters. The van der Waals surface area contributed by atoms with E-state index < -0.39 is 9.84 Å². The van der Waals surface area contributed by atoms with E-state index in [0.29, 0.717) is 24.7 Å². The Morgan fingerprint density at radius 1 is 1.32 bits per heavy atom. The van der Waals surface area contributed by atoms with Crippen LogP contribution in [0.2, 0.25) is 0 Å². The van der Waals surface area contributed by atoms with Gasteiger partial charge in [0.15, 0.2) is 9.84 Å². The average molecular weight is 370 g/mol. The summed E-state index contributed by atoms with van der Waals surface area (Å²) < 4.78 is 24.4. The zero-order chi connectivity index (χ0) is 18.2. The number of nitrogen functional groups attached to an aromatic ring is 1. The van der Waals surface area contributed by atoms with Crippen molar-refractivity contribution in [2.75, 3.05) is 36.9 Å². The number of fused-ring (bicyclic) bond motifs is 1. The van der Waals surface area contributed by atoms with Gasteiger partial charge in [0.2, 0.25) is 11.9 Å². The Kier molecular flexibility index (Phi) is 5.01. The smallest absolute Gasteiger partial charge is 0.239 e. The third-order valence-electron chi connectivity index (χ3n) is 4.84. The maximum atomic E-state index is 12.7. The highest BCUT2D eigenvalue weighted by molar-refractivity contribution is 7.91. The Bertz CT molecular complexity index is 731. The number of aromatic nitrogens is 3. The number of anilines is 1. The van der Waals surface area contributed by atoms with E-state index in [1.165, 1.54) is 0 Å². The summed E-state index contributed by atoms with van der Waals surface area (Å²) in [6, 6.07) is -0.337. The molecule has 9 nitrogen and oxygen atoms in total. The summed E-state index contributed by atoms with van der Waals surface area (Å²) in [6.45, 7) is 6.39. The number of sulfone groups is 1. The Hall–Kier alpha value is -1.68. The highest BCUT2D eigenvalue weighted by atomic mass is 32.2. The summed E-state index contributed by atoms with van der Waals surface area (Å²) in [6.07, 6.45) is 0.682. The van der Waals surface area contributed by atoms with Gasteiger partial charge in [0.25, 0.3) is 0 Å². The first-order valence-electron chi connectivity index (χ1n) is 8.66. The molecule has 1 aromatic heterocycles. The molecule has 2 aliphatic rings. The summed E-state index contributed by atoms with van der Waals surface area (Å²) >= 11 is 0. The molecule has 10 heteroatoms. The Labute approximate surface area is 147 Å². The molecule has 1 amide bonds. The molecule has 3 rings (SSSR count). The number of nitrogens with one attached hydrogen (secondary N) is 1. The van der Waals surface area contributed by atoms with Gasteiger partial charge in [-0.25, -0.2) is 8.42 Å². The van der Waals surface area contributed by atoms with Gasteiger partial charge >= 0.3 is 0 Å². The highest BCUT2D eigenvalue weighted by Crippen LogP contribution is 2.28. The second kappa shape index (κ2) is 6.91. The molecule has 3 N–H and O–H groups in total. The quantitative estimate of drug-likeness (QED) is 0.701. The molecule has 2 fully saturated rings. The molecule has 3 heterocycles.